The molecule has 3 atom stereocenters. The van der Waals surface area contributed by atoms with Crippen LogP contribution in [0.4, 0.5) is 23.2 Å². The molecule has 1 unspecified atom stereocenters. The van der Waals surface area contributed by atoms with Gasteiger partial charge in [0.2, 0.25) is 5.91 Å². The van der Waals surface area contributed by atoms with Crippen LogP contribution < -0.4 is 4.90 Å². The Balaban J connectivity index is 1.79. The fraction of sp³-hybridized carbons (Fsp3) is 0.500. The molecule has 9 heteroatoms. The van der Waals surface area contributed by atoms with Crippen molar-refractivity contribution in [1.29, 1.82) is 0 Å². The van der Waals surface area contributed by atoms with Gasteiger partial charge in [-0.2, -0.15) is 13.2 Å². The summed E-state index contributed by atoms with van der Waals surface area (Å²) in [5, 5.41) is 9.07. The van der Waals surface area contributed by atoms with Crippen LogP contribution in [0.3, 0.4) is 0 Å². The zero-order valence-corrected chi connectivity index (χ0v) is 13.0. The van der Waals surface area contributed by atoms with Crippen molar-refractivity contribution in [1.82, 2.24) is 4.90 Å². The van der Waals surface area contributed by atoms with E-state index in [0.717, 1.165) is 0 Å². The van der Waals surface area contributed by atoms with Crippen molar-refractivity contribution >= 4 is 17.6 Å². The van der Waals surface area contributed by atoms with Crippen molar-refractivity contribution in [2.24, 2.45) is 11.8 Å². The number of hydrogen-bond donors (Lipinski definition) is 1. The van der Waals surface area contributed by atoms with E-state index in [1.807, 2.05) is 0 Å². The largest absolute Gasteiger partial charge is 0.481 e. The summed E-state index contributed by atoms with van der Waals surface area (Å²) in [6.45, 7) is -0.710. The third-order valence-electron chi connectivity index (χ3n) is 4.85. The van der Waals surface area contributed by atoms with Gasteiger partial charge in [-0.3, -0.25) is 14.5 Å². The molecule has 0 spiro atoms. The molecular weight excluding hydrogens is 344 g/mol. The van der Waals surface area contributed by atoms with Gasteiger partial charge in [0.1, 0.15) is 5.82 Å². The normalized spacial score (nSPS) is 27.9. The van der Waals surface area contributed by atoms with Gasteiger partial charge in [0.15, 0.2) is 0 Å². The minimum absolute atomic E-state index is 0.0800. The zero-order chi connectivity index (χ0) is 18.4. The van der Waals surface area contributed by atoms with Gasteiger partial charge in [0, 0.05) is 19.6 Å². The second-order valence-corrected chi connectivity index (χ2v) is 6.29. The Morgan fingerprint density at radius 1 is 1.20 bits per heavy atom. The average Bonchev–Trinajstić information content (AvgIpc) is 3.11. The summed E-state index contributed by atoms with van der Waals surface area (Å²) in [6, 6.07) is 4.80. The number of halogens is 4. The van der Waals surface area contributed by atoms with Crippen molar-refractivity contribution in [3.05, 3.63) is 30.1 Å². The quantitative estimate of drug-likeness (QED) is 0.839. The molecule has 0 bridgehead atoms. The van der Waals surface area contributed by atoms with Crippen LogP contribution >= 0.6 is 0 Å². The van der Waals surface area contributed by atoms with Crippen molar-refractivity contribution in [3.63, 3.8) is 0 Å². The molecule has 1 N–H and O–H groups in total. The van der Waals surface area contributed by atoms with Gasteiger partial charge in [-0.15, -0.1) is 0 Å². The van der Waals surface area contributed by atoms with Crippen molar-refractivity contribution < 1.29 is 32.3 Å². The van der Waals surface area contributed by atoms with E-state index in [4.69, 9.17) is 5.11 Å². The first-order valence-corrected chi connectivity index (χ1v) is 7.79. The lowest BCUT2D eigenvalue weighted by molar-refractivity contribution is -0.188. The highest BCUT2D eigenvalue weighted by molar-refractivity contribution is 5.99. The Morgan fingerprint density at radius 3 is 2.44 bits per heavy atom. The number of carboxylic acid groups (broad SMARTS) is 1. The van der Waals surface area contributed by atoms with Gasteiger partial charge in [0.25, 0.3) is 0 Å². The predicted molar refractivity (Wildman–Crippen MR) is 79.4 cm³/mol. The minimum Gasteiger partial charge on any atom is -0.481 e. The molecular formula is C16H16F4N2O3. The number of nitrogens with zero attached hydrogens (tertiary/aromatic N) is 2. The third kappa shape index (κ3) is 3.20. The lowest BCUT2D eigenvalue weighted by Gasteiger charge is -2.24. The van der Waals surface area contributed by atoms with E-state index in [2.05, 4.69) is 0 Å². The summed E-state index contributed by atoms with van der Waals surface area (Å²) in [5.74, 6) is -6.23. The molecule has 0 aromatic heterocycles. The molecule has 5 nitrogen and oxygen atoms in total. The standard InChI is InChI=1S/C16H16F4N2O3/c17-11-3-1-2-4-12(11)22-6-5-13(14(22)23)21-7-9(15(24)25)10(8-21)16(18,19)20/h1-4,9-10,13H,5-8H2,(H,24,25)/t9-,10-,13?/m1/s1. The predicted octanol–water partition coefficient (Wildman–Crippen LogP) is 2.13. The van der Waals surface area contributed by atoms with Crippen LogP contribution in [0.15, 0.2) is 24.3 Å². The molecule has 2 fully saturated rings. The van der Waals surface area contributed by atoms with Crippen LogP contribution in [-0.4, -0.2) is 53.7 Å². The van der Waals surface area contributed by atoms with Crippen molar-refractivity contribution in [2.75, 3.05) is 24.5 Å². The number of aliphatic carboxylic acids is 1. The molecule has 2 aliphatic heterocycles. The van der Waals surface area contributed by atoms with E-state index < -0.39 is 48.3 Å². The van der Waals surface area contributed by atoms with Crippen LogP contribution in [0.2, 0.25) is 0 Å². The maximum atomic E-state index is 13.9. The van der Waals surface area contributed by atoms with Gasteiger partial charge < -0.3 is 10.0 Å². The fourth-order valence-electron chi connectivity index (χ4n) is 3.58. The number of carbonyl (C=O) groups excluding carboxylic acids is 1. The molecule has 0 aliphatic carbocycles. The molecule has 3 rings (SSSR count). The van der Waals surface area contributed by atoms with Gasteiger partial charge >= 0.3 is 12.1 Å². The number of para-hydroxylation sites is 1. The first kappa shape index (κ1) is 17.7. The van der Waals surface area contributed by atoms with Crippen LogP contribution in [-0.2, 0) is 9.59 Å². The Labute approximate surface area is 140 Å². The number of carboxylic acids is 1. The van der Waals surface area contributed by atoms with Gasteiger partial charge in [-0.25, -0.2) is 4.39 Å². The molecule has 0 radical (unpaired) electrons. The summed E-state index contributed by atoms with van der Waals surface area (Å²) in [7, 11) is 0. The Hall–Kier alpha value is -2.16. The summed E-state index contributed by atoms with van der Waals surface area (Å²) in [5.41, 5.74) is 0.0800. The highest BCUT2D eigenvalue weighted by Gasteiger charge is 2.55. The van der Waals surface area contributed by atoms with E-state index >= 15 is 0 Å². The lowest BCUT2D eigenvalue weighted by atomic mass is 9.96. The molecule has 2 saturated heterocycles. The third-order valence-corrected chi connectivity index (χ3v) is 4.85. The lowest BCUT2D eigenvalue weighted by Crippen LogP contribution is -2.41. The molecule has 0 saturated carbocycles. The molecule has 25 heavy (non-hydrogen) atoms. The van der Waals surface area contributed by atoms with Crippen molar-refractivity contribution in [3.8, 4) is 0 Å². The van der Waals surface area contributed by atoms with Crippen LogP contribution in [0.5, 0.6) is 0 Å². The van der Waals surface area contributed by atoms with E-state index in [1.165, 1.54) is 28.0 Å². The summed E-state index contributed by atoms with van der Waals surface area (Å²) in [4.78, 5) is 26.2. The fourth-order valence-corrected chi connectivity index (χ4v) is 3.58. The first-order valence-electron chi connectivity index (χ1n) is 7.79. The van der Waals surface area contributed by atoms with Gasteiger partial charge in [0.05, 0.1) is 23.6 Å². The topological polar surface area (TPSA) is 60.9 Å². The number of anilines is 1. The summed E-state index contributed by atoms with van der Waals surface area (Å²) in [6.07, 6.45) is -4.42. The van der Waals surface area contributed by atoms with Gasteiger partial charge in [-0.1, -0.05) is 12.1 Å². The molecule has 1 aromatic carbocycles. The second kappa shape index (κ2) is 6.29. The minimum atomic E-state index is -4.65. The number of alkyl halides is 3. The highest BCUT2D eigenvalue weighted by Crippen LogP contribution is 2.40. The Morgan fingerprint density at radius 2 is 1.88 bits per heavy atom. The van der Waals surface area contributed by atoms with Crippen LogP contribution in [0.25, 0.3) is 0 Å². The second-order valence-electron chi connectivity index (χ2n) is 6.29. The summed E-state index contributed by atoms with van der Waals surface area (Å²) >= 11 is 0. The van der Waals surface area contributed by atoms with E-state index in [-0.39, 0.29) is 25.2 Å². The van der Waals surface area contributed by atoms with E-state index in [1.54, 1.807) is 6.07 Å². The molecule has 136 valence electrons. The van der Waals surface area contributed by atoms with Crippen molar-refractivity contribution in [2.45, 2.75) is 18.6 Å². The Kier molecular flexibility index (Phi) is 4.44. The highest BCUT2D eigenvalue weighted by atomic mass is 19.4. The first-order chi connectivity index (χ1) is 11.7. The van der Waals surface area contributed by atoms with Crippen LogP contribution in [0.1, 0.15) is 6.42 Å². The smallest absolute Gasteiger partial charge is 0.393 e. The number of amides is 1. The number of rotatable bonds is 3. The Bertz CT molecular complexity index is 694. The molecule has 1 aromatic rings. The number of benzene rings is 1. The maximum Gasteiger partial charge on any atom is 0.393 e. The maximum absolute atomic E-state index is 13.9. The van der Waals surface area contributed by atoms with E-state index in [9.17, 15) is 27.2 Å². The monoisotopic (exact) mass is 360 g/mol. The average molecular weight is 360 g/mol. The van der Waals surface area contributed by atoms with Crippen LogP contribution in [0, 0.1) is 17.7 Å². The summed E-state index contributed by atoms with van der Waals surface area (Å²) < 4.78 is 53.1. The number of carbonyl (C=O) groups is 2. The number of hydrogen-bond acceptors (Lipinski definition) is 3. The molecule has 1 amide bonds. The van der Waals surface area contributed by atoms with E-state index in [0.29, 0.717) is 0 Å². The molecule has 2 aliphatic rings. The SMILES string of the molecule is O=C(O)[C@@H]1CN(C2CCN(c3ccccc3F)C2=O)C[C@H]1C(F)(F)F. The van der Waals surface area contributed by atoms with Gasteiger partial charge in [-0.05, 0) is 18.6 Å². The zero-order valence-electron chi connectivity index (χ0n) is 13.0. The molecule has 2 heterocycles. The number of likely N-dealkylation sites (tertiary alicyclic amines) is 1.